The van der Waals surface area contributed by atoms with Gasteiger partial charge in [-0.15, -0.1) is 0 Å². The van der Waals surface area contributed by atoms with Crippen LogP contribution in [0.25, 0.3) is 0 Å². The summed E-state index contributed by atoms with van der Waals surface area (Å²) in [5, 5.41) is 3.09. The Balaban J connectivity index is 1.99. The molecule has 0 heterocycles. The fourth-order valence-electron chi connectivity index (χ4n) is 1.86. The number of hydrogen-bond donors (Lipinski definition) is 1. The third-order valence-electron chi connectivity index (χ3n) is 2.90. The van der Waals surface area contributed by atoms with Crippen LogP contribution in [0.2, 0.25) is 0 Å². The van der Waals surface area contributed by atoms with Crippen molar-refractivity contribution in [3.8, 4) is 5.75 Å². The summed E-state index contributed by atoms with van der Waals surface area (Å²) in [4.78, 5) is 0.349. The number of sulfone groups is 1. The Morgan fingerprint density at radius 3 is 2.35 bits per heavy atom. The zero-order chi connectivity index (χ0) is 14.4. The number of nitrogens with one attached hydrogen (secondary N) is 1. The first kappa shape index (κ1) is 14.4. The molecule has 106 valence electrons. The van der Waals surface area contributed by atoms with Gasteiger partial charge in [0.1, 0.15) is 5.75 Å². The van der Waals surface area contributed by atoms with Gasteiger partial charge in [0, 0.05) is 6.54 Å². The van der Waals surface area contributed by atoms with E-state index >= 15 is 0 Å². The fourth-order valence-corrected chi connectivity index (χ4v) is 3.03. The largest absolute Gasteiger partial charge is 0.495 e. The Kier molecular flexibility index (Phi) is 4.63. The van der Waals surface area contributed by atoms with Crippen LogP contribution >= 0.6 is 0 Å². The molecule has 0 amide bonds. The first-order chi connectivity index (χ1) is 9.63. The van der Waals surface area contributed by atoms with Crippen LogP contribution in [0.3, 0.4) is 0 Å². The van der Waals surface area contributed by atoms with Crippen LogP contribution in [0.15, 0.2) is 59.5 Å². The maximum atomic E-state index is 12.1. The minimum atomic E-state index is -3.25. The maximum Gasteiger partial charge on any atom is 0.180 e. The van der Waals surface area contributed by atoms with Gasteiger partial charge >= 0.3 is 0 Å². The van der Waals surface area contributed by atoms with Crippen molar-refractivity contribution in [1.29, 1.82) is 0 Å². The summed E-state index contributed by atoms with van der Waals surface area (Å²) < 4.78 is 29.4. The number of rotatable bonds is 6. The van der Waals surface area contributed by atoms with Gasteiger partial charge in [-0.05, 0) is 24.3 Å². The summed E-state index contributed by atoms with van der Waals surface area (Å²) >= 11 is 0. The van der Waals surface area contributed by atoms with E-state index < -0.39 is 9.84 Å². The van der Waals surface area contributed by atoms with E-state index in [-0.39, 0.29) is 5.75 Å². The van der Waals surface area contributed by atoms with E-state index in [1.54, 1.807) is 37.4 Å². The van der Waals surface area contributed by atoms with Crippen LogP contribution in [0.4, 0.5) is 5.69 Å². The molecule has 0 spiro atoms. The van der Waals surface area contributed by atoms with Gasteiger partial charge in [-0.3, -0.25) is 0 Å². The molecule has 0 aromatic heterocycles. The minimum absolute atomic E-state index is 0.0368. The lowest BCUT2D eigenvalue weighted by molar-refractivity contribution is 0.416. The normalized spacial score (nSPS) is 11.1. The molecule has 0 aliphatic rings. The molecule has 0 unspecified atom stereocenters. The van der Waals surface area contributed by atoms with E-state index in [2.05, 4.69) is 5.32 Å². The van der Waals surface area contributed by atoms with Gasteiger partial charge in [-0.1, -0.05) is 30.3 Å². The number of hydrogen-bond acceptors (Lipinski definition) is 4. The molecule has 0 aliphatic carbocycles. The highest BCUT2D eigenvalue weighted by atomic mass is 32.2. The molecule has 1 N–H and O–H groups in total. The lowest BCUT2D eigenvalue weighted by Gasteiger charge is -2.11. The topological polar surface area (TPSA) is 55.4 Å². The third kappa shape index (κ3) is 3.51. The second-order valence-corrected chi connectivity index (χ2v) is 6.37. The van der Waals surface area contributed by atoms with Crippen LogP contribution in [-0.4, -0.2) is 27.8 Å². The van der Waals surface area contributed by atoms with Crippen LogP contribution in [0.1, 0.15) is 0 Å². The van der Waals surface area contributed by atoms with E-state index in [9.17, 15) is 8.42 Å². The summed E-state index contributed by atoms with van der Waals surface area (Å²) in [7, 11) is -1.67. The molecule has 5 heteroatoms. The van der Waals surface area contributed by atoms with Crippen LogP contribution in [0.5, 0.6) is 5.75 Å². The Labute approximate surface area is 119 Å². The highest BCUT2D eigenvalue weighted by molar-refractivity contribution is 7.91. The van der Waals surface area contributed by atoms with Crippen molar-refractivity contribution in [2.45, 2.75) is 4.90 Å². The van der Waals surface area contributed by atoms with Gasteiger partial charge in [-0.25, -0.2) is 8.42 Å². The third-order valence-corrected chi connectivity index (χ3v) is 4.63. The molecule has 4 nitrogen and oxygen atoms in total. The highest BCUT2D eigenvalue weighted by Gasteiger charge is 2.13. The second kappa shape index (κ2) is 6.43. The summed E-state index contributed by atoms with van der Waals surface area (Å²) in [6, 6.07) is 15.9. The van der Waals surface area contributed by atoms with E-state index in [4.69, 9.17) is 4.74 Å². The number of anilines is 1. The monoisotopic (exact) mass is 291 g/mol. The predicted octanol–water partition coefficient (Wildman–Crippen LogP) is 2.58. The first-order valence-electron chi connectivity index (χ1n) is 6.28. The van der Waals surface area contributed by atoms with E-state index in [0.29, 0.717) is 17.2 Å². The Morgan fingerprint density at radius 2 is 1.65 bits per heavy atom. The molecule has 0 saturated carbocycles. The summed E-state index contributed by atoms with van der Waals surface area (Å²) in [5.41, 5.74) is 0.790. The number of ether oxygens (including phenoxy) is 1. The number of methoxy groups -OCH3 is 1. The van der Waals surface area contributed by atoms with Crippen molar-refractivity contribution in [3.63, 3.8) is 0 Å². The molecule has 0 fully saturated rings. The molecule has 0 radical (unpaired) electrons. The van der Waals surface area contributed by atoms with E-state index in [0.717, 1.165) is 5.69 Å². The van der Waals surface area contributed by atoms with Gasteiger partial charge in [0.25, 0.3) is 0 Å². The lowest BCUT2D eigenvalue weighted by atomic mass is 10.3. The summed E-state index contributed by atoms with van der Waals surface area (Å²) in [6.07, 6.45) is 0. The SMILES string of the molecule is COc1ccccc1NCCS(=O)(=O)c1ccccc1. The summed E-state index contributed by atoms with van der Waals surface area (Å²) in [5.74, 6) is 0.735. The van der Waals surface area contributed by atoms with Gasteiger partial charge in [0.2, 0.25) is 0 Å². The molecular formula is C15H17NO3S. The highest BCUT2D eigenvalue weighted by Crippen LogP contribution is 2.22. The fraction of sp³-hybridized carbons (Fsp3) is 0.200. The van der Waals surface area contributed by atoms with Crippen molar-refractivity contribution in [1.82, 2.24) is 0 Å². The molecule has 2 aromatic carbocycles. The average Bonchev–Trinajstić information content (AvgIpc) is 2.48. The van der Waals surface area contributed by atoms with Gasteiger partial charge < -0.3 is 10.1 Å². The first-order valence-corrected chi connectivity index (χ1v) is 7.93. The zero-order valence-electron chi connectivity index (χ0n) is 11.2. The van der Waals surface area contributed by atoms with Gasteiger partial charge in [0.05, 0.1) is 23.4 Å². The number of benzene rings is 2. The Hall–Kier alpha value is -2.01. The lowest BCUT2D eigenvalue weighted by Crippen LogP contribution is -2.16. The number of para-hydroxylation sites is 2. The molecule has 2 aromatic rings. The predicted molar refractivity (Wildman–Crippen MR) is 80.0 cm³/mol. The summed E-state index contributed by atoms with van der Waals surface area (Å²) in [6.45, 7) is 0.331. The van der Waals surface area contributed by atoms with E-state index in [1.807, 2.05) is 24.3 Å². The van der Waals surface area contributed by atoms with Gasteiger partial charge in [-0.2, -0.15) is 0 Å². The van der Waals surface area contributed by atoms with Crippen LogP contribution in [-0.2, 0) is 9.84 Å². The smallest absolute Gasteiger partial charge is 0.180 e. The van der Waals surface area contributed by atoms with Crippen molar-refractivity contribution in [2.75, 3.05) is 24.7 Å². The molecular weight excluding hydrogens is 274 g/mol. The molecule has 0 saturated heterocycles. The average molecular weight is 291 g/mol. The van der Waals surface area contributed by atoms with Crippen molar-refractivity contribution in [2.24, 2.45) is 0 Å². The van der Waals surface area contributed by atoms with Crippen LogP contribution < -0.4 is 10.1 Å². The van der Waals surface area contributed by atoms with Crippen LogP contribution in [0, 0.1) is 0 Å². The van der Waals surface area contributed by atoms with Crippen molar-refractivity contribution >= 4 is 15.5 Å². The van der Waals surface area contributed by atoms with E-state index in [1.165, 1.54) is 0 Å². The minimum Gasteiger partial charge on any atom is -0.495 e. The molecule has 0 bridgehead atoms. The molecule has 2 rings (SSSR count). The van der Waals surface area contributed by atoms with Crippen molar-refractivity contribution < 1.29 is 13.2 Å². The molecule has 20 heavy (non-hydrogen) atoms. The molecule has 0 aliphatic heterocycles. The molecule has 0 atom stereocenters. The standard InChI is InChI=1S/C15H17NO3S/c1-19-15-10-6-5-9-14(15)16-11-12-20(17,18)13-7-3-2-4-8-13/h2-10,16H,11-12H2,1H3. The maximum absolute atomic E-state index is 12.1. The quantitative estimate of drug-likeness (QED) is 0.889. The Bertz CT molecular complexity index is 654. The van der Waals surface area contributed by atoms with Crippen molar-refractivity contribution in [3.05, 3.63) is 54.6 Å². The Morgan fingerprint density at radius 1 is 1.00 bits per heavy atom. The zero-order valence-corrected chi connectivity index (χ0v) is 12.1. The second-order valence-electron chi connectivity index (χ2n) is 4.26. The van der Waals surface area contributed by atoms with Gasteiger partial charge in [0.15, 0.2) is 9.84 Å².